The molecule has 1 atom stereocenters. The van der Waals surface area contributed by atoms with Gasteiger partial charge >= 0.3 is 0 Å². The molecule has 0 heterocycles. The fourth-order valence-electron chi connectivity index (χ4n) is 2.42. The summed E-state index contributed by atoms with van der Waals surface area (Å²) in [4.78, 5) is 0. The number of hydrogen-bond acceptors (Lipinski definition) is 0. The first-order chi connectivity index (χ1) is 8.86. The van der Waals surface area contributed by atoms with Gasteiger partial charge < -0.3 is 5.73 Å². The van der Waals surface area contributed by atoms with Crippen LogP contribution in [0.5, 0.6) is 0 Å². The van der Waals surface area contributed by atoms with Crippen LogP contribution in [-0.2, 0) is 0 Å². The normalized spacial score (nSPS) is 12.5. The van der Waals surface area contributed by atoms with Crippen LogP contribution in [0.25, 0.3) is 10.8 Å². The van der Waals surface area contributed by atoms with Gasteiger partial charge in [-0.15, -0.1) is 0 Å². The first-order valence-corrected chi connectivity index (χ1v) is 6.22. The number of quaternary nitrogens is 1. The standard InChI is InChI=1S/C17H15N/c18-17(14-8-2-1-3-9-14)16-12-6-10-13-7-4-5-11-15(13)16/h1-12,17H,18H2/p+1/t17-/m1/s1. The van der Waals surface area contributed by atoms with Crippen molar-refractivity contribution in [1.82, 2.24) is 0 Å². The molecule has 88 valence electrons. The third-order valence-corrected chi connectivity index (χ3v) is 3.40. The number of hydrogen-bond donors (Lipinski definition) is 1. The lowest BCUT2D eigenvalue weighted by Gasteiger charge is -2.12. The zero-order chi connectivity index (χ0) is 12.4. The fraction of sp³-hybridized carbons (Fsp3) is 0.0588. The van der Waals surface area contributed by atoms with Crippen molar-refractivity contribution in [2.75, 3.05) is 0 Å². The van der Waals surface area contributed by atoms with Crippen molar-refractivity contribution in [3.8, 4) is 0 Å². The molecule has 0 bridgehead atoms. The molecular weight excluding hydrogens is 218 g/mol. The molecule has 0 fully saturated rings. The van der Waals surface area contributed by atoms with Crippen LogP contribution in [0.15, 0.2) is 72.8 Å². The molecule has 0 aliphatic rings. The second-order valence-corrected chi connectivity index (χ2v) is 4.53. The summed E-state index contributed by atoms with van der Waals surface area (Å²) in [6.07, 6.45) is 0. The first-order valence-electron chi connectivity index (χ1n) is 6.22. The van der Waals surface area contributed by atoms with Gasteiger partial charge in [0, 0.05) is 11.1 Å². The maximum atomic E-state index is 4.33. The van der Waals surface area contributed by atoms with Crippen molar-refractivity contribution in [2.45, 2.75) is 6.04 Å². The van der Waals surface area contributed by atoms with Gasteiger partial charge in [0.15, 0.2) is 0 Å². The highest BCUT2D eigenvalue weighted by atomic mass is 14.6. The Bertz CT molecular complexity index is 653. The van der Waals surface area contributed by atoms with Gasteiger partial charge in [-0.05, 0) is 10.8 Å². The van der Waals surface area contributed by atoms with Gasteiger partial charge in [-0.25, -0.2) is 0 Å². The Morgan fingerprint density at radius 2 is 1.33 bits per heavy atom. The average molecular weight is 234 g/mol. The van der Waals surface area contributed by atoms with Crippen molar-refractivity contribution >= 4 is 10.8 Å². The molecule has 1 heteroatoms. The van der Waals surface area contributed by atoms with E-state index in [4.69, 9.17) is 0 Å². The summed E-state index contributed by atoms with van der Waals surface area (Å²) in [7, 11) is 0. The topological polar surface area (TPSA) is 27.6 Å². The van der Waals surface area contributed by atoms with E-state index in [1.807, 2.05) is 6.07 Å². The van der Waals surface area contributed by atoms with Crippen molar-refractivity contribution in [3.63, 3.8) is 0 Å². The van der Waals surface area contributed by atoms with E-state index in [-0.39, 0.29) is 6.04 Å². The molecule has 0 aromatic heterocycles. The first kappa shape index (κ1) is 11.0. The Hall–Kier alpha value is -2.12. The number of fused-ring (bicyclic) bond motifs is 1. The Labute approximate surface area is 107 Å². The third kappa shape index (κ3) is 1.89. The Morgan fingerprint density at radius 3 is 2.17 bits per heavy atom. The summed E-state index contributed by atoms with van der Waals surface area (Å²) in [5, 5.41) is 2.57. The van der Waals surface area contributed by atoms with Gasteiger partial charge in [-0.2, -0.15) is 0 Å². The molecule has 0 radical (unpaired) electrons. The zero-order valence-electron chi connectivity index (χ0n) is 10.2. The van der Waals surface area contributed by atoms with E-state index in [0.717, 1.165) is 0 Å². The van der Waals surface area contributed by atoms with E-state index in [9.17, 15) is 0 Å². The molecule has 0 saturated heterocycles. The maximum Gasteiger partial charge on any atom is 0.136 e. The predicted molar refractivity (Wildman–Crippen MR) is 75.1 cm³/mol. The lowest BCUT2D eigenvalue weighted by Crippen LogP contribution is -2.54. The van der Waals surface area contributed by atoms with Crippen LogP contribution >= 0.6 is 0 Å². The Balaban J connectivity index is 2.15. The van der Waals surface area contributed by atoms with E-state index < -0.39 is 0 Å². The monoisotopic (exact) mass is 234 g/mol. The molecule has 0 aliphatic heterocycles. The van der Waals surface area contributed by atoms with E-state index in [1.54, 1.807) is 0 Å². The molecule has 3 N–H and O–H groups in total. The Kier molecular flexibility index (Phi) is 2.83. The van der Waals surface area contributed by atoms with Gasteiger partial charge in [-0.3, -0.25) is 0 Å². The summed E-state index contributed by atoms with van der Waals surface area (Å²) < 4.78 is 0. The highest BCUT2D eigenvalue weighted by molar-refractivity contribution is 5.86. The van der Waals surface area contributed by atoms with Gasteiger partial charge in [-0.1, -0.05) is 72.8 Å². The van der Waals surface area contributed by atoms with Crippen LogP contribution in [0.3, 0.4) is 0 Å². The smallest absolute Gasteiger partial charge is 0.136 e. The van der Waals surface area contributed by atoms with Crippen LogP contribution in [0.4, 0.5) is 0 Å². The molecule has 0 spiro atoms. The molecular formula is C17H16N+. The zero-order valence-corrected chi connectivity index (χ0v) is 10.2. The number of rotatable bonds is 2. The molecule has 3 aromatic rings. The van der Waals surface area contributed by atoms with Gasteiger partial charge in [0.1, 0.15) is 6.04 Å². The summed E-state index contributed by atoms with van der Waals surface area (Å²) in [6, 6.07) is 25.5. The number of benzene rings is 3. The molecule has 0 unspecified atom stereocenters. The van der Waals surface area contributed by atoms with Gasteiger partial charge in [0.25, 0.3) is 0 Å². The van der Waals surface area contributed by atoms with Crippen molar-refractivity contribution in [2.24, 2.45) is 0 Å². The summed E-state index contributed by atoms with van der Waals surface area (Å²) in [5.41, 5.74) is 6.88. The molecule has 0 saturated carbocycles. The lowest BCUT2D eigenvalue weighted by atomic mass is 9.94. The molecule has 3 aromatic carbocycles. The summed E-state index contributed by atoms with van der Waals surface area (Å²) >= 11 is 0. The second kappa shape index (κ2) is 4.63. The molecule has 18 heavy (non-hydrogen) atoms. The highest BCUT2D eigenvalue weighted by Crippen LogP contribution is 2.25. The van der Waals surface area contributed by atoms with Crippen LogP contribution < -0.4 is 5.73 Å². The quantitative estimate of drug-likeness (QED) is 0.705. The summed E-state index contributed by atoms with van der Waals surface area (Å²) in [6.45, 7) is 0. The second-order valence-electron chi connectivity index (χ2n) is 4.53. The van der Waals surface area contributed by atoms with E-state index >= 15 is 0 Å². The van der Waals surface area contributed by atoms with E-state index in [1.165, 1.54) is 21.9 Å². The average Bonchev–Trinajstić information content (AvgIpc) is 2.47. The van der Waals surface area contributed by atoms with Crippen LogP contribution in [-0.4, -0.2) is 0 Å². The molecule has 0 amide bonds. The van der Waals surface area contributed by atoms with Crippen LogP contribution in [0.1, 0.15) is 17.2 Å². The fourth-order valence-corrected chi connectivity index (χ4v) is 2.42. The minimum absolute atomic E-state index is 0.178. The third-order valence-electron chi connectivity index (χ3n) is 3.40. The summed E-state index contributed by atoms with van der Waals surface area (Å²) in [5.74, 6) is 0. The van der Waals surface area contributed by atoms with Crippen LogP contribution in [0.2, 0.25) is 0 Å². The SMILES string of the molecule is [NH3+][C@H](c1ccccc1)c1cccc2ccccc12. The van der Waals surface area contributed by atoms with E-state index in [0.29, 0.717) is 0 Å². The largest absolute Gasteiger partial charge is 0.348 e. The van der Waals surface area contributed by atoms with Crippen LogP contribution in [0, 0.1) is 0 Å². The minimum atomic E-state index is 0.178. The maximum absolute atomic E-state index is 4.33. The minimum Gasteiger partial charge on any atom is -0.348 e. The lowest BCUT2D eigenvalue weighted by molar-refractivity contribution is -0.411. The molecule has 1 nitrogen and oxygen atoms in total. The predicted octanol–water partition coefficient (Wildman–Crippen LogP) is 3.17. The highest BCUT2D eigenvalue weighted by Gasteiger charge is 2.14. The van der Waals surface area contributed by atoms with Crippen molar-refractivity contribution in [1.29, 1.82) is 0 Å². The van der Waals surface area contributed by atoms with Gasteiger partial charge in [0.05, 0.1) is 0 Å². The van der Waals surface area contributed by atoms with Crippen molar-refractivity contribution < 1.29 is 5.73 Å². The van der Waals surface area contributed by atoms with E-state index in [2.05, 4.69) is 72.5 Å². The van der Waals surface area contributed by atoms with Crippen molar-refractivity contribution in [3.05, 3.63) is 83.9 Å². The molecule has 0 aliphatic carbocycles. The molecule has 3 rings (SSSR count). The Morgan fingerprint density at radius 1 is 0.667 bits per heavy atom. The van der Waals surface area contributed by atoms with Gasteiger partial charge in [0.2, 0.25) is 0 Å².